The Labute approximate surface area is 160 Å². The van der Waals surface area contributed by atoms with Gasteiger partial charge in [0.25, 0.3) is 5.92 Å². The number of nitrogens with zero attached hydrogens (tertiary/aromatic N) is 6. The van der Waals surface area contributed by atoms with Crippen molar-refractivity contribution in [2.24, 2.45) is 13.0 Å². The van der Waals surface area contributed by atoms with Crippen molar-refractivity contribution in [2.75, 3.05) is 23.3 Å². The number of piperazine rings is 1. The highest BCUT2D eigenvalue weighted by atomic mass is 19.3. The van der Waals surface area contributed by atoms with E-state index < -0.39 is 11.8 Å². The number of aromatic nitrogens is 4. The lowest BCUT2D eigenvalue weighted by Crippen LogP contribution is -2.56. The SMILES string of the molecule is Cn1cc(Nc2nccc(N3CC4CCC(C3)N4C(=O)[C@@H]3CC3(F)F)n2)cn1. The average molecular weight is 389 g/mol. The summed E-state index contributed by atoms with van der Waals surface area (Å²) in [5.41, 5.74) is 0.792. The van der Waals surface area contributed by atoms with Gasteiger partial charge in [-0.3, -0.25) is 9.48 Å². The van der Waals surface area contributed by atoms with Crippen molar-refractivity contribution in [2.45, 2.75) is 37.3 Å². The lowest BCUT2D eigenvalue weighted by atomic mass is 10.1. The maximum absolute atomic E-state index is 13.4. The van der Waals surface area contributed by atoms with Crippen molar-refractivity contribution in [3.05, 3.63) is 24.7 Å². The first-order valence-electron chi connectivity index (χ1n) is 9.44. The monoisotopic (exact) mass is 389 g/mol. The summed E-state index contributed by atoms with van der Waals surface area (Å²) >= 11 is 0. The first-order valence-corrected chi connectivity index (χ1v) is 9.44. The second-order valence-corrected chi connectivity index (χ2v) is 7.82. The number of amides is 1. The van der Waals surface area contributed by atoms with Gasteiger partial charge in [0.2, 0.25) is 11.9 Å². The topological polar surface area (TPSA) is 79.2 Å². The van der Waals surface area contributed by atoms with Crippen molar-refractivity contribution in [3.8, 4) is 0 Å². The lowest BCUT2D eigenvalue weighted by Gasteiger charge is -2.41. The first kappa shape index (κ1) is 17.3. The summed E-state index contributed by atoms with van der Waals surface area (Å²) in [6, 6.07) is 1.76. The van der Waals surface area contributed by atoms with Crippen LogP contribution in [-0.4, -0.2) is 61.7 Å². The predicted octanol–water partition coefficient (Wildman–Crippen LogP) is 1.79. The fourth-order valence-electron chi connectivity index (χ4n) is 4.31. The third-order valence-electron chi connectivity index (χ3n) is 5.79. The van der Waals surface area contributed by atoms with Gasteiger partial charge >= 0.3 is 0 Å². The zero-order chi connectivity index (χ0) is 19.5. The van der Waals surface area contributed by atoms with Gasteiger partial charge < -0.3 is 15.1 Å². The van der Waals surface area contributed by atoms with E-state index in [0.29, 0.717) is 19.0 Å². The Balaban J connectivity index is 1.30. The number of nitrogens with one attached hydrogen (secondary N) is 1. The predicted molar refractivity (Wildman–Crippen MR) is 97.4 cm³/mol. The van der Waals surface area contributed by atoms with E-state index in [1.807, 2.05) is 19.3 Å². The van der Waals surface area contributed by atoms with Crippen molar-refractivity contribution >= 4 is 23.4 Å². The highest BCUT2D eigenvalue weighted by molar-refractivity contribution is 5.84. The standard InChI is InChI=1S/C18H21F2N7O/c1-25-8-11(7-22-25)23-17-21-5-4-15(24-17)26-9-12-2-3-13(10-26)27(12)16(28)14-6-18(14,19)20/h4-5,7-8,12-14H,2-3,6,9-10H2,1H3,(H,21,23,24)/t12?,13?,14-/m0/s1. The summed E-state index contributed by atoms with van der Waals surface area (Å²) < 4.78 is 28.4. The van der Waals surface area contributed by atoms with Crippen LogP contribution in [0.2, 0.25) is 0 Å². The molecule has 0 spiro atoms. The molecule has 0 radical (unpaired) electrons. The van der Waals surface area contributed by atoms with Crippen LogP contribution in [0.4, 0.5) is 26.2 Å². The number of halogens is 2. The van der Waals surface area contributed by atoms with Gasteiger partial charge in [-0.15, -0.1) is 0 Å². The minimum Gasteiger partial charge on any atom is -0.352 e. The molecule has 1 amide bonds. The highest BCUT2D eigenvalue weighted by Gasteiger charge is 2.64. The van der Waals surface area contributed by atoms with Gasteiger partial charge in [-0.1, -0.05) is 0 Å². The van der Waals surface area contributed by atoms with Gasteiger partial charge in [-0.25, -0.2) is 13.8 Å². The molecule has 10 heteroatoms. The van der Waals surface area contributed by atoms with E-state index in [1.165, 1.54) is 0 Å². The van der Waals surface area contributed by atoms with Crippen LogP contribution in [0.15, 0.2) is 24.7 Å². The van der Waals surface area contributed by atoms with E-state index in [-0.39, 0.29) is 24.4 Å². The van der Waals surface area contributed by atoms with E-state index >= 15 is 0 Å². The number of alkyl halides is 2. The number of carbonyl (C=O) groups excluding carboxylic acids is 1. The summed E-state index contributed by atoms with van der Waals surface area (Å²) in [6.07, 6.45) is 6.59. The number of fused-ring (bicyclic) bond motifs is 2. The molecular weight excluding hydrogens is 368 g/mol. The minimum atomic E-state index is -2.81. The number of aryl methyl sites for hydroxylation is 1. The minimum absolute atomic E-state index is 0.0349. The van der Waals surface area contributed by atoms with Crippen LogP contribution < -0.4 is 10.2 Å². The number of carbonyl (C=O) groups is 1. The molecule has 0 aromatic carbocycles. The Morgan fingerprint density at radius 3 is 2.61 bits per heavy atom. The fourth-order valence-corrected chi connectivity index (χ4v) is 4.31. The number of hydrogen-bond acceptors (Lipinski definition) is 6. The van der Waals surface area contributed by atoms with Crippen LogP contribution in [0.25, 0.3) is 0 Å². The zero-order valence-electron chi connectivity index (χ0n) is 15.4. The van der Waals surface area contributed by atoms with Crippen LogP contribution in [0.3, 0.4) is 0 Å². The molecule has 2 aromatic heterocycles. The van der Waals surface area contributed by atoms with E-state index in [1.54, 1.807) is 22.0 Å². The van der Waals surface area contributed by atoms with Crippen molar-refractivity contribution < 1.29 is 13.6 Å². The molecule has 2 aliphatic heterocycles. The van der Waals surface area contributed by atoms with Gasteiger partial charge in [0, 0.05) is 51.0 Å². The van der Waals surface area contributed by atoms with Crippen LogP contribution in [0.5, 0.6) is 0 Å². The molecule has 28 heavy (non-hydrogen) atoms. The third-order valence-corrected chi connectivity index (χ3v) is 5.79. The molecule has 8 nitrogen and oxygen atoms in total. The van der Waals surface area contributed by atoms with Crippen molar-refractivity contribution in [3.63, 3.8) is 0 Å². The number of rotatable bonds is 4. The lowest BCUT2D eigenvalue weighted by molar-refractivity contribution is -0.138. The summed E-state index contributed by atoms with van der Waals surface area (Å²) in [7, 11) is 1.83. The molecule has 4 heterocycles. The van der Waals surface area contributed by atoms with E-state index in [0.717, 1.165) is 24.3 Å². The van der Waals surface area contributed by atoms with Gasteiger partial charge in [0.15, 0.2) is 0 Å². The fraction of sp³-hybridized carbons (Fsp3) is 0.556. The second kappa shape index (κ2) is 6.11. The van der Waals surface area contributed by atoms with E-state index in [4.69, 9.17) is 0 Å². The highest BCUT2D eigenvalue weighted by Crippen LogP contribution is 2.51. The number of anilines is 3. The Kier molecular flexibility index (Phi) is 3.78. The summed E-state index contributed by atoms with van der Waals surface area (Å²) in [5.74, 6) is -3.07. The molecule has 2 aromatic rings. The Bertz CT molecular complexity index is 903. The Morgan fingerprint density at radius 2 is 2.00 bits per heavy atom. The first-order chi connectivity index (χ1) is 13.4. The zero-order valence-corrected chi connectivity index (χ0v) is 15.4. The van der Waals surface area contributed by atoms with Gasteiger partial charge in [0.1, 0.15) is 11.7 Å². The van der Waals surface area contributed by atoms with Crippen LogP contribution in [0.1, 0.15) is 19.3 Å². The Morgan fingerprint density at radius 1 is 1.29 bits per heavy atom. The molecule has 3 fully saturated rings. The second-order valence-electron chi connectivity index (χ2n) is 7.82. The smallest absolute Gasteiger partial charge is 0.260 e. The summed E-state index contributed by atoms with van der Waals surface area (Å²) in [5, 5.41) is 7.23. The third kappa shape index (κ3) is 2.96. The van der Waals surface area contributed by atoms with E-state index in [9.17, 15) is 13.6 Å². The molecule has 5 rings (SSSR count). The normalized spacial score (nSPS) is 27.8. The molecule has 1 saturated carbocycles. The molecule has 2 unspecified atom stereocenters. The van der Waals surface area contributed by atoms with Gasteiger partial charge in [-0.05, 0) is 18.9 Å². The van der Waals surface area contributed by atoms with Crippen LogP contribution in [-0.2, 0) is 11.8 Å². The summed E-state index contributed by atoms with van der Waals surface area (Å²) in [4.78, 5) is 25.2. The van der Waals surface area contributed by atoms with Crippen LogP contribution in [0, 0.1) is 5.92 Å². The summed E-state index contributed by atoms with van der Waals surface area (Å²) in [6.45, 7) is 1.20. The molecule has 2 saturated heterocycles. The average Bonchev–Trinajstić information content (AvgIpc) is 2.96. The molecule has 3 atom stereocenters. The van der Waals surface area contributed by atoms with Crippen molar-refractivity contribution in [1.29, 1.82) is 0 Å². The quantitative estimate of drug-likeness (QED) is 0.859. The molecular formula is C18H21F2N7O. The molecule has 3 aliphatic rings. The van der Waals surface area contributed by atoms with Crippen LogP contribution >= 0.6 is 0 Å². The maximum atomic E-state index is 13.4. The largest absolute Gasteiger partial charge is 0.352 e. The molecule has 1 N–H and O–H groups in total. The molecule has 1 aliphatic carbocycles. The molecule has 2 bridgehead atoms. The van der Waals surface area contributed by atoms with Gasteiger partial charge in [-0.2, -0.15) is 10.1 Å². The number of hydrogen-bond donors (Lipinski definition) is 1. The van der Waals surface area contributed by atoms with Crippen molar-refractivity contribution in [1.82, 2.24) is 24.6 Å². The van der Waals surface area contributed by atoms with Gasteiger partial charge in [0.05, 0.1) is 11.9 Å². The molecule has 148 valence electrons. The maximum Gasteiger partial charge on any atom is 0.260 e. The van der Waals surface area contributed by atoms with E-state index in [2.05, 4.69) is 25.3 Å². The Hall–Kier alpha value is -2.78.